The second-order valence-electron chi connectivity index (χ2n) is 11.3. The van der Waals surface area contributed by atoms with Gasteiger partial charge in [0.2, 0.25) is 0 Å². The summed E-state index contributed by atoms with van der Waals surface area (Å²) in [7, 11) is -4.70. The van der Waals surface area contributed by atoms with E-state index in [0.717, 1.165) is 0 Å². The highest BCUT2D eigenvalue weighted by Gasteiger charge is 2.35. The summed E-state index contributed by atoms with van der Waals surface area (Å²) < 4.78 is 32.5. The third-order valence-electron chi connectivity index (χ3n) is 8.15. The second kappa shape index (κ2) is 15.0. The maximum Gasteiger partial charge on any atom is 0.294 e. The van der Waals surface area contributed by atoms with Crippen LogP contribution in [0.2, 0.25) is 0 Å². The van der Waals surface area contributed by atoms with Gasteiger partial charge in [0.15, 0.2) is 0 Å². The molecule has 0 spiro atoms. The van der Waals surface area contributed by atoms with E-state index in [-0.39, 0.29) is 0 Å². The standard InChI is InChI=1S/2C10H24N.C8H6O7S/c2*1-7-11(8-2,9-3)10(4,5)6;9-7(10)4-1-5(8(11)12)3-6(2-4)16(13,14)15/h2*7-9H2,1-6H3;1-3H,(H,9,10)(H,11,12)(H,13,14,15)/q2*+1;/p-2. The SMILES string of the molecule is CC[N+](CC)(CC)C(C)(C)C.CC[N+](CC)(CC)C(C)(C)C.O=C([O-])c1cc(C(=O)[O-])cc(S(=O)(=O)O)c1. The van der Waals surface area contributed by atoms with E-state index in [9.17, 15) is 28.2 Å². The van der Waals surface area contributed by atoms with Crippen molar-refractivity contribution >= 4 is 22.1 Å². The van der Waals surface area contributed by atoms with Gasteiger partial charge in [-0.05, 0) is 112 Å². The van der Waals surface area contributed by atoms with E-state index in [0.29, 0.717) is 29.3 Å². The van der Waals surface area contributed by atoms with Crippen molar-refractivity contribution in [1.82, 2.24) is 0 Å². The van der Waals surface area contributed by atoms with Gasteiger partial charge in [0.1, 0.15) is 0 Å². The van der Waals surface area contributed by atoms with Crippen molar-refractivity contribution in [2.45, 2.75) is 99.1 Å². The Kier molecular flexibility index (Phi) is 15.0. The minimum absolute atomic E-state index is 0.401. The zero-order valence-corrected chi connectivity index (χ0v) is 26.5. The molecule has 0 radical (unpaired) electrons. The zero-order valence-electron chi connectivity index (χ0n) is 25.7. The second-order valence-corrected chi connectivity index (χ2v) is 12.7. The van der Waals surface area contributed by atoms with Crippen LogP contribution in [-0.4, -0.2) is 84.2 Å². The highest BCUT2D eigenvalue weighted by molar-refractivity contribution is 7.85. The summed E-state index contributed by atoms with van der Waals surface area (Å²) >= 11 is 0. The summed E-state index contributed by atoms with van der Waals surface area (Å²) in [4.78, 5) is 20.1. The monoisotopic (exact) mass is 560 g/mol. The molecule has 1 aromatic rings. The van der Waals surface area contributed by atoms with Crippen LogP contribution in [0.4, 0.5) is 0 Å². The van der Waals surface area contributed by atoms with Crippen molar-refractivity contribution in [3.05, 3.63) is 29.3 Å². The van der Waals surface area contributed by atoms with Gasteiger partial charge < -0.3 is 28.8 Å². The van der Waals surface area contributed by atoms with E-state index in [1.165, 1.54) is 48.2 Å². The van der Waals surface area contributed by atoms with E-state index in [1.807, 2.05) is 0 Å². The fourth-order valence-electron chi connectivity index (χ4n) is 5.17. The number of hydrogen-bond acceptors (Lipinski definition) is 6. The number of nitrogens with zero attached hydrogens (tertiary/aromatic N) is 2. The Balaban J connectivity index is 0. The molecule has 0 aromatic heterocycles. The number of carbonyl (C=O) groups is 2. The van der Waals surface area contributed by atoms with Crippen LogP contribution in [0, 0.1) is 0 Å². The molecule has 9 nitrogen and oxygen atoms in total. The zero-order chi connectivity index (χ0) is 30.8. The topological polar surface area (TPSA) is 135 Å². The number of quaternary nitrogens is 2. The molecule has 0 aliphatic carbocycles. The summed E-state index contributed by atoms with van der Waals surface area (Å²) in [5.41, 5.74) is -0.570. The van der Waals surface area contributed by atoms with E-state index in [2.05, 4.69) is 83.1 Å². The van der Waals surface area contributed by atoms with E-state index >= 15 is 0 Å². The van der Waals surface area contributed by atoms with Gasteiger partial charge in [0.05, 0.1) is 67.2 Å². The maximum atomic E-state index is 10.7. The van der Waals surface area contributed by atoms with Crippen molar-refractivity contribution in [3.8, 4) is 0 Å². The Morgan fingerprint density at radius 2 is 0.895 bits per heavy atom. The average molecular weight is 561 g/mol. The minimum Gasteiger partial charge on any atom is -0.545 e. The quantitative estimate of drug-likeness (QED) is 0.362. The Morgan fingerprint density at radius 3 is 1.00 bits per heavy atom. The van der Waals surface area contributed by atoms with Gasteiger partial charge in [-0.15, -0.1) is 0 Å². The Hall–Kier alpha value is -2.01. The molecule has 1 rings (SSSR count). The lowest BCUT2D eigenvalue weighted by Crippen LogP contribution is -2.59. The lowest BCUT2D eigenvalue weighted by Gasteiger charge is -2.47. The maximum absolute atomic E-state index is 10.7. The number of hydrogen-bond donors (Lipinski definition) is 1. The molecular formula is C28H52N2O7S. The van der Waals surface area contributed by atoms with Crippen LogP contribution in [0.5, 0.6) is 0 Å². The summed E-state index contributed by atoms with van der Waals surface area (Å²) in [6, 6.07) is 1.83. The molecule has 222 valence electrons. The molecule has 0 saturated heterocycles. The lowest BCUT2D eigenvalue weighted by atomic mass is 10.0. The number of carboxylic acid groups (broad SMARTS) is 2. The molecular weight excluding hydrogens is 508 g/mol. The van der Waals surface area contributed by atoms with Gasteiger partial charge in [-0.25, -0.2) is 0 Å². The van der Waals surface area contributed by atoms with Gasteiger partial charge in [-0.2, -0.15) is 8.42 Å². The normalized spacial score (nSPS) is 12.6. The van der Waals surface area contributed by atoms with Crippen molar-refractivity contribution in [3.63, 3.8) is 0 Å². The van der Waals surface area contributed by atoms with Crippen LogP contribution in [0.15, 0.2) is 23.1 Å². The molecule has 0 heterocycles. The number of carboxylic acids is 2. The van der Waals surface area contributed by atoms with Crippen LogP contribution in [0.1, 0.15) is 104 Å². The third-order valence-corrected chi connectivity index (χ3v) is 8.99. The molecule has 0 fully saturated rings. The van der Waals surface area contributed by atoms with E-state index in [1.54, 1.807) is 0 Å². The van der Waals surface area contributed by atoms with Crippen molar-refractivity contribution < 1.29 is 41.7 Å². The lowest BCUT2D eigenvalue weighted by molar-refractivity contribution is -0.966. The van der Waals surface area contributed by atoms with Crippen molar-refractivity contribution in [2.75, 3.05) is 39.3 Å². The highest BCUT2D eigenvalue weighted by Crippen LogP contribution is 2.24. The average Bonchev–Trinajstić information content (AvgIpc) is 2.80. The number of rotatable bonds is 9. The molecule has 0 atom stereocenters. The number of aromatic carboxylic acids is 2. The summed E-state index contributed by atoms with van der Waals surface area (Å²) in [5.74, 6) is -3.54. The largest absolute Gasteiger partial charge is 0.545 e. The van der Waals surface area contributed by atoms with Crippen LogP contribution < -0.4 is 10.2 Å². The molecule has 0 aliphatic heterocycles. The molecule has 0 saturated carbocycles. The summed E-state index contributed by atoms with van der Waals surface area (Å²) in [5, 5.41) is 20.9. The van der Waals surface area contributed by atoms with Gasteiger partial charge in [0.25, 0.3) is 10.1 Å². The Morgan fingerprint density at radius 1 is 0.658 bits per heavy atom. The van der Waals surface area contributed by atoms with Crippen LogP contribution in [-0.2, 0) is 10.1 Å². The van der Waals surface area contributed by atoms with Gasteiger partial charge in [-0.1, -0.05) is 0 Å². The third kappa shape index (κ3) is 10.3. The van der Waals surface area contributed by atoms with Crippen LogP contribution >= 0.6 is 0 Å². The minimum atomic E-state index is -4.70. The smallest absolute Gasteiger partial charge is 0.294 e. The predicted octanol–water partition coefficient (Wildman–Crippen LogP) is 2.98. The molecule has 0 bridgehead atoms. The number of carbonyl (C=O) groups excluding carboxylic acids is 2. The van der Waals surface area contributed by atoms with Gasteiger partial charge in [0, 0.05) is 0 Å². The fraction of sp³-hybridized carbons (Fsp3) is 0.714. The first-order chi connectivity index (χ1) is 17.1. The van der Waals surface area contributed by atoms with Crippen molar-refractivity contribution in [2.24, 2.45) is 0 Å². The highest BCUT2D eigenvalue weighted by atomic mass is 32.2. The first kappa shape index (κ1) is 38.1. The Bertz CT molecular complexity index is 920. The van der Waals surface area contributed by atoms with Gasteiger partial charge in [-0.3, -0.25) is 4.55 Å². The van der Waals surface area contributed by atoms with Crippen LogP contribution in [0.3, 0.4) is 0 Å². The van der Waals surface area contributed by atoms with Crippen molar-refractivity contribution in [1.29, 1.82) is 0 Å². The number of benzene rings is 1. The van der Waals surface area contributed by atoms with Crippen LogP contribution in [0.25, 0.3) is 0 Å². The summed E-state index contributed by atoms with van der Waals surface area (Å²) in [6.45, 7) is 35.2. The first-order valence-electron chi connectivity index (χ1n) is 13.4. The molecule has 0 amide bonds. The predicted molar refractivity (Wildman–Crippen MR) is 148 cm³/mol. The first-order valence-corrected chi connectivity index (χ1v) is 14.8. The fourth-order valence-corrected chi connectivity index (χ4v) is 5.72. The molecule has 1 aromatic carbocycles. The molecule has 1 N–H and O–H groups in total. The Labute approximate surface area is 231 Å². The molecule has 0 unspecified atom stereocenters. The molecule has 0 aliphatic rings. The van der Waals surface area contributed by atoms with E-state index < -0.39 is 38.1 Å². The van der Waals surface area contributed by atoms with E-state index in [4.69, 9.17) is 4.55 Å². The molecule has 38 heavy (non-hydrogen) atoms. The molecule has 10 heteroatoms. The summed E-state index contributed by atoms with van der Waals surface area (Å²) in [6.07, 6.45) is 0. The van der Waals surface area contributed by atoms with Gasteiger partial charge >= 0.3 is 0 Å².